The van der Waals surface area contributed by atoms with E-state index in [4.69, 9.17) is 0 Å². The third-order valence-electron chi connectivity index (χ3n) is 2.44. The zero-order valence-corrected chi connectivity index (χ0v) is 8.22. The zero-order valence-electron chi connectivity index (χ0n) is 8.22. The second kappa shape index (κ2) is 2.95. The molecule has 1 aromatic rings. The highest BCUT2D eigenvalue weighted by Crippen LogP contribution is 2.28. The van der Waals surface area contributed by atoms with Gasteiger partial charge in [0.1, 0.15) is 0 Å². The molecule has 0 saturated carbocycles. The van der Waals surface area contributed by atoms with Crippen LogP contribution in [-0.2, 0) is 0 Å². The largest absolute Gasteiger partial charge is 0.383 e. The smallest absolute Gasteiger partial charge is 0.0576 e. The summed E-state index contributed by atoms with van der Waals surface area (Å²) >= 11 is 0. The van der Waals surface area contributed by atoms with E-state index in [1.165, 1.54) is 11.4 Å². The predicted molar refractivity (Wildman–Crippen MR) is 57.2 cm³/mol. The van der Waals surface area contributed by atoms with Gasteiger partial charge in [-0.2, -0.15) is 0 Å². The Hall–Kier alpha value is -1.18. The zero-order chi connectivity index (χ0) is 9.31. The van der Waals surface area contributed by atoms with Crippen molar-refractivity contribution in [3.05, 3.63) is 24.3 Å². The van der Waals surface area contributed by atoms with Crippen LogP contribution in [0.15, 0.2) is 24.3 Å². The Morgan fingerprint density at radius 2 is 1.46 bits per heavy atom. The first-order chi connectivity index (χ1) is 6.17. The van der Waals surface area contributed by atoms with Crippen LogP contribution in [0.3, 0.4) is 0 Å². The van der Waals surface area contributed by atoms with Crippen LogP contribution >= 0.6 is 0 Å². The highest BCUT2D eigenvalue weighted by atomic mass is 15.0. The van der Waals surface area contributed by atoms with Crippen LogP contribution < -0.4 is 10.6 Å². The minimum Gasteiger partial charge on any atom is -0.383 e. The lowest BCUT2D eigenvalue weighted by molar-refractivity contribution is 0.423. The molecule has 70 valence electrons. The third kappa shape index (κ3) is 1.77. The Morgan fingerprint density at radius 3 is 1.92 bits per heavy atom. The van der Waals surface area contributed by atoms with E-state index < -0.39 is 0 Å². The summed E-state index contributed by atoms with van der Waals surface area (Å²) < 4.78 is 0. The van der Waals surface area contributed by atoms with Gasteiger partial charge >= 0.3 is 0 Å². The van der Waals surface area contributed by atoms with Crippen LogP contribution in [0.4, 0.5) is 11.4 Å². The van der Waals surface area contributed by atoms with E-state index in [0.717, 1.165) is 13.1 Å². The number of hydrogen-bond acceptors (Lipinski definition) is 2. The van der Waals surface area contributed by atoms with Gasteiger partial charge in [-0.05, 0) is 17.5 Å². The van der Waals surface area contributed by atoms with Gasteiger partial charge < -0.3 is 10.6 Å². The molecule has 2 N–H and O–H groups in total. The molecule has 2 heteroatoms. The van der Waals surface area contributed by atoms with Crippen molar-refractivity contribution in [2.75, 3.05) is 23.7 Å². The van der Waals surface area contributed by atoms with Crippen molar-refractivity contribution < 1.29 is 0 Å². The minimum absolute atomic E-state index is 0.318. The number of anilines is 2. The fourth-order valence-corrected chi connectivity index (χ4v) is 1.52. The van der Waals surface area contributed by atoms with Crippen molar-refractivity contribution in [2.45, 2.75) is 13.8 Å². The predicted octanol–water partition coefficient (Wildman–Crippen LogP) is 2.55. The Balaban J connectivity index is 2.27. The van der Waals surface area contributed by atoms with Crippen LogP contribution in [0.2, 0.25) is 0 Å². The van der Waals surface area contributed by atoms with Gasteiger partial charge in [0.15, 0.2) is 0 Å². The monoisotopic (exact) mass is 176 g/mol. The summed E-state index contributed by atoms with van der Waals surface area (Å²) in [6.45, 7) is 6.58. The second-order valence-corrected chi connectivity index (χ2v) is 4.42. The van der Waals surface area contributed by atoms with Crippen molar-refractivity contribution >= 4 is 11.4 Å². The van der Waals surface area contributed by atoms with Crippen LogP contribution in [-0.4, -0.2) is 13.1 Å². The molecule has 0 atom stereocenters. The Bertz CT molecular complexity index is 276. The molecule has 2 rings (SSSR count). The fraction of sp³-hybridized carbons (Fsp3) is 0.455. The maximum Gasteiger partial charge on any atom is 0.0576 e. The molecule has 0 aromatic heterocycles. The summed E-state index contributed by atoms with van der Waals surface area (Å²) in [5, 5.41) is 6.91. The molecule has 0 saturated heterocycles. The molecule has 0 amide bonds. The van der Waals surface area contributed by atoms with Crippen molar-refractivity contribution in [1.82, 2.24) is 0 Å². The average molecular weight is 176 g/mol. The standard InChI is InChI=1S/C11H16N2/c1-11(2)7-12-9-5-3-4-6-10(9)13-8-11/h3-6,12-13H,7-8H2,1-2H3. The molecule has 13 heavy (non-hydrogen) atoms. The van der Waals surface area contributed by atoms with Crippen molar-refractivity contribution in [1.29, 1.82) is 0 Å². The highest BCUT2D eigenvalue weighted by Gasteiger charge is 2.21. The molecule has 0 spiro atoms. The van der Waals surface area contributed by atoms with Gasteiger partial charge in [-0.3, -0.25) is 0 Å². The lowest BCUT2D eigenvalue weighted by atomic mass is 9.94. The Labute approximate surface area is 79.4 Å². The second-order valence-electron chi connectivity index (χ2n) is 4.42. The van der Waals surface area contributed by atoms with Gasteiger partial charge in [0.05, 0.1) is 11.4 Å². The SMILES string of the molecule is CC1(C)CNc2ccccc2NC1. The molecule has 0 aliphatic carbocycles. The van der Waals surface area contributed by atoms with E-state index in [1.807, 2.05) is 0 Å². The molecule has 0 unspecified atom stereocenters. The Morgan fingerprint density at radius 1 is 1.00 bits per heavy atom. The molecule has 0 fully saturated rings. The number of rotatable bonds is 0. The summed E-state index contributed by atoms with van der Waals surface area (Å²) in [5.41, 5.74) is 2.75. The Kier molecular flexibility index (Phi) is 1.91. The maximum absolute atomic E-state index is 3.45. The van der Waals surface area contributed by atoms with Crippen LogP contribution in [0.25, 0.3) is 0 Å². The van der Waals surface area contributed by atoms with Gasteiger partial charge in [0.2, 0.25) is 0 Å². The summed E-state index contributed by atoms with van der Waals surface area (Å²) in [6.07, 6.45) is 0. The molecule has 0 radical (unpaired) electrons. The quantitative estimate of drug-likeness (QED) is 0.634. The summed E-state index contributed by atoms with van der Waals surface area (Å²) in [5.74, 6) is 0. The van der Waals surface area contributed by atoms with Gasteiger partial charge in [-0.25, -0.2) is 0 Å². The van der Waals surface area contributed by atoms with E-state index >= 15 is 0 Å². The molecule has 0 bridgehead atoms. The van der Waals surface area contributed by atoms with E-state index in [1.54, 1.807) is 0 Å². The van der Waals surface area contributed by atoms with Crippen molar-refractivity contribution in [3.8, 4) is 0 Å². The fourth-order valence-electron chi connectivity index (χ4n) is 1.52. The number of para-hydroxylation sites is 2. The number of benzene rings is 1. The first-order valence-electron chi connectivity index (χ1n) is 4.74. The summed E-state index contributed by atoms with van der Waals surface area (Å²) in [4.78, 5) is 0. The van der Waals surface area contributed by atoms with E-state index in [0.29, 0.717) is 5.41 Å². The maximum atomic E-state index is 3.45. The average Bonchev–Trinajstić information content (AvgIpc) is 2.27. The summed E-state index contributed by atoms with van der Waals surface area (Å²) in [7, 11) is 0. The normalized spacial score (nSPS) is 19.2. The molecule has 2 nitrogen and oxygen atoms in total. The van der Waals surface area contributed by atoms with Crippen molar-refractivity contribution in [3.63, 3.8) is 0 Å². The highest BCUT2D eigenvalue weighted by molar-refractivity contribution is 5.69. The molecule has 1 aromatic carbocycles. The molecule has 1 heterocycles. The first-order valence-corrected chi connectivity index (χ1v) is 4.74. The van der Waals surface area contributed by atoms with Gasteiger partial charge in [0.25, 0.3) is 0 Å². The topological polar surface area (TPSA) is 24.1 Å². The minimum atomic E-state index is 0.318. The number of fused-ring (bicyclic) bond motifs is 1. The first kappa shape index (κ1) is 8.42. The van der Waals surface area contributed by atoms with Crippen LogP contribution in [0, 0.1) is 5.41 Å². The summed E-state index contributed by atoms with van der Waals surface area (Å²) in [6, 6.07) is 8.35. The number of hydrogen-bond donors (Lipinski definition) is 2. The third-order valence-corrected chi connectivity index (χ3v) is 2.44. The molecule has 1 aliphatic rings. The lowest BCUT2D eigenvalue weighted by Gasteiger charge is -2.21. The van der Waals surface area contributed by atoms with E-state index in [9.17, 15) is 0 Å². The van der Waals surface area contributed by atoms with Crippen LogP contribution in [0.1, 0.15) is 13.8 Å². The van der Waals surface area contributed by atoms with E-state index in [2.05, 4.69) is 48.7 Å². The van der Waals surface area contributed by atoms with Gasteiger partial charge in [0, 0.05) is 13.1 Å². The van der Waals surface area contributed by atoms with Gasteiger partial charge in [-0.15, -0.1) is 0 Å². The van der Waals surface area contributed by atoms with Gasteiger partial charge in [-0.1, -0.05) is 26.0 Å². The molecular weight excluding hydrogens is 160 g/mol. The molecular formula is C11H16N2. The lowest BCUT2D eigenvalue weighted by Crippen LogP contribution is -2.27. The van der Waals surface area contributed by atoms with Crippen molar-refractivity contribution in [2.24, 2.45) is 5.41 Å². The molecule has 1 aliphatic heterocycles. The van der Waals surface area contributed by atoms with E-state index in [-0.39, 0.29) is 0 Å². The number of nitrogens with one attached hydrogen (secondary N) is 2. The van der Waals surface area contributed by atoms with Crippen LogP contribution in [0.5, 0.6) is 0 Å².